The van der Waals surface area contributed by atoms with E-state index in [1.165, 1.54) is 17.0 Å². The van der Waals surface area contributed by atoms with Crippen LogP contribution in [0.4, 0.5) is 14.9 Å². The van der Waals surface area contributed by atoms with Crippen molar-refractivity contribution in [2.75, 3.05) is 32.1 Å². The number of fused-ring (bicyclic) bond motifs is 1. The number of benzene rings is 1. The van der Waals surface area contributed by atoms with Gasteiger partial charge in [-0.2, -0.15) is 0 Å². The zero-order chi connectivity index (χ0) is 24.7. The number of aliphatic hydroxyl groups is 1. The average Bonchev–Trinajstić information content (AvgIpc) is 3.27. The van der Waals surface area contributed by atoms with Crippen LogP contribution in [0.3, 0.4) is 0 Å². The maximum absolute atomic E-state index is 14.0. The molecule has 0 spiro atoms. The monoisotopic (exact) mass is 476 g/mol. The molecule has 3 rings (SSSR count). The molecule has 2 aromatic rings. The lowest BCUT2D eigenvalue weighted by Gasteiger charge is -2.35. The van der Waals surface area contributed by atoms with E-state index in [1.54, 1.807) is 41.9 Å². The van der Waals surface area contributed by atoms with E-state index in [-0.39, 0.29) is 43.3 Å². The minimum Gasteiger partial charge on any atom is -0.394 e. The highest BCUT2D eigenvalue weighted by Gasteiger charge is 2.29. The Morgan fingerprint density at radius 1 is 1.41 bits per heavy atom. The number of aryl methyl sites for hydroxylation is 1. The molecule has 0 aliphatic carbocycles. The third kappa shape index (κ3) is 6.51. The number of anilines is 1. The summed E-state index contributed by atoms with van der Waals surface area (Å²) in [6.07, 6.45) is 2.11. The molecule has 34 heavy (non-hydrogen) atoms. The molecule has 1 aliphatic rings. The summed E-state index contributed by atoms with van der Waals surface area (Å²) in [5.41, 5.74) is 0.875. The van der Waals surface area contributed by atoms with E-state index in [4.69, 9.17) is 4.74 Å². The van der Waals surface area contributed by atoms with Crippen molar-refractivity contribution in [3.05, 3.63) is 42.0 Å². The quantitative estimate of drug-likeness (QED) is 0.684. The number of hydrogen-bond acceptors (Lipinski definition) is 6. The Labute approximate surface area is 198 Å². The van der Waals surface area contributed by atoms with E-state index in [9.17, 15) is 19.1 Å². The highest BCUT2D eigenvalue weighted by atomic mass is 19.1. The fraction of sp³-hybridized carbons (Fsp3) is 0.565. The van der Waals surface area contributed by atoms with Crippen LogP contribution >= 0.6 is 0 Å². The number of carbonyl (C=O) groups is 2. The third-order valence-electron chi connectivity index (χ3n) is 6.06. The molecule has 11 heteroatoms. The number of nitrogens with zero attached hydrogens (tertiary/aromatic N) is 5. The molecule has 1 aromatic heterocycles. The normalized spacial score (nSPS) is 20.6. The number of hydrogen-bond donors (Lipinski definition) is 2. The average molecular weight is 477 g/mol. The van der Waals surface area contributed by atoms with Gasteiger partial charge >= 0.3 is 6.03 Å². The Morgan fingerprint density at radius 3 is 2.91 bits per heavy atom. The van der Waals surface area contributed by atoms with E-state index in [0.717, 1.165) is 5.69 Å². The summed E-state index contributed by atoms with van der Waals surface area (Å²) in [5.74, 6) is -0.738. The van der Waals surface area contributed by atoms with Crippen LogP contribution in [0.1, 0.15) is 32.4 Å². The van der Waals surface area contributed by atoms with Crippen LogP contribution in [0.25, 0.3) is 0 Å². The van der Waals surface area contributed by atoms with E-state index >= 15 is 0 Å². The van der Waals surface area contributed by atoms with Gasteiger partial charge in [0.15, 0.2) is 0 Å². The minimum atomic E-state index is -0.521. The van der Waals surface area contributed by atoms with Crippen LogP contribution in [0.15, 0.2) is 30.5 Å². The van der Waals surface area contributed by atoms with Gasteiger partial charge < -0.3 is 25.0 Å². The Balaban J connectivity index is 1.77. The van der Waals surface area contributed by atoms with Gasteiger partial charge in [-0.25, -0.2) is 13.9 Å². The molecular formula is C23H33FN6O4. The zero-order valence-corrected chi connectivity index (χ0v) is 19.9. The van der Waals surface area contributed by atoms with Crippen molar-refractivity contribution < 1.29 is 23.8 Å². The van der Waals surface area contributed by atoms with Crippen molar-refractivity contribution in [1.82, 2.24) is 24.8 Å². The first-order valence-corrected chi connectivity index (χ1v) is 11.5. The number of rotatable bonds is 5. The Morgan fingerprint density at radius 2 is 2.18 bits per heavy atom. The Hall–Kier alpha value is -3.05. The molecular weight excluding hydrogens is 443 g/mol. The molecule has 0 saturated carbocycles. The smallest absolute Gasteiger partial charge is 0.321 e. The molecule has 0 radical (unpaired) electrons. The molecule has 1 aliphatic heterocycles. The predicted molar refractivity (Wildman–Crippen MR) is 123 cm³/mol. The van der Waals surface area contributed by atoms with Crippen molar-refractivity contribution >= 4 is 17.6 Å². The first-order chi connectivity index (χ1) is 16.3. The number of aromatic nitrogens is 3. The van der Waals surface area contributed by atoms with Crippen LogP contribution in [-0.2, 0) is 22.7 Å². The van der Waals surface area contributed by atoms with E-state index in [2.05, 4.69) is 15.6 Å². The second-order valence-electron chi connectivity index (χ2n) is 8.75. The molecule has 0 bridgehead atoms. The molecule has 0 unspecified atom stereocenters. The SMILES string of the molecule is C[C@H]1CN([C@@H](C)CO)C(=O)CCCn2nncc2CO[C@H]1CN(C)C(=O)Nc1ccccc1F. The number of ether oxygens (including phenoxy) is 1. The molecule has 1 aromatic carbocycles. The molecule has 186 valence electrons. The van der Waals surface area contributed by atoms with Gasteiger partial charge in [0.1, 0.15) is 5.82 Å². The summed E-state index contributed by atoms with van der Waals surface area (Å²) in [6, 6.07) is 5.14. The highest BCUT2D eigenvalue weighted by molar-refractivity contribution is 5.89. The highest BCUT2D eigenvalue weighted by Crippen LogP contribution is 2.19. The molecule has 3 amide bonds. The summed E-state index contributed by atoms with van der Waals surface area (Å²) in [5, 5.41) is 20.3. The minimum absolute atomic E-state index is 0.0555. The van der Waals surface area contributed by atoms with Gasteiger partial charge in [-0.3, -0.25) is 4.79 Å². The van der Waals surface area contributed by atoms with Gasteiger partial charge in [-0.1, -0.05) is 24.3 Å². The van der Waals surface area contributed by atoms with Gasteiger partial charge in [-0.15, -0.1) is 5.10 Å². The van der Waals surface area contributed by atoms with E-state index < -0.39 is 18.0 Å². The predicted octanol–water partition coefficient (Wildman–Crippen LogP) is 2.11. The summed E-state index contributed by atoms with van der Waals surface area (Å²) in [7, 11) is 1.60. The summed E-state index contributed by atoms with van der Waals surface area (Å²) in [4.78, 5) is 28.7. The number of aliphatic hydroxyl groups excluding tert-OH is 1. The molecule has 2 N–H and O–H groups in total. The third-order valence-corrected chi connectivity index (χ3v) is 6.06. The van der Waals surface area contributed by atoms with Crippen LogP contribution in [-0.4, -0.2) is 80.7 Å². The lowest BCUT2D eigenvalue weighted by atomic mass is 10.0. The van der Waals surface area contributed by atoms with Crippen molar-refractivity contribution in [3.8, 4) is 0 Å². The maximum Gasteiger partial charge on any atom is 0.321 e. The Bertz CT molecular complexity index is 970. The summed E-state index contributed by atoms with van der Waals surface area (Å²) >= 11 is 0. The number of urea groups is 1. The fourth-order valence-electron chi connectivity index (χ4n) is 3.87. The van der Waals surface area contributed by atoms with E-state index in [0.29, 0.717) is 25.9 Å². The molecule has 0 saturated heterocycles. The van der Waals surface area contributed by atoms with Crippen molar-refractivity contribution in [1.29, 1.82) is 0 Å². The summed E-state index contributed by atoms with van der Waals surface area (Å²) in [6.45, 7) is 4.94. The lowest BCUT2D eigenvalue weighted by molar-refractivity contribution is -0.136. The molecule has 3 atom stereocenters. The van der Waals surface area contributed by atoms with Crippen LogP contribution in [0.2, 0.25) is 0 Å². The first-order valence-electron chi connectivity index (χ1n) is 11.5. The number of para-hydroxylation sites is 1. The first kappa shape index (κ1) is 25.6. The number of nitrogens with one attached hydrogen (secondary N) is 1. The molecule has 0 fully saturated rings. The number of amides is 3. The second kappa shape index (κ2) is 11.9. The van der Waals surface area contributed by atoms with Gasteiger partial charge in [0.25, 0.3) is 0 Å². The van der Waals surface area contributed by atoms with Crippen LogP contribution in [0.5, 0.6) is 0 Å². The van der Waals surface area contributed by atoms with Crippen LogP contribution < -0.4 is 5.32 Å². The van der Waals surface area contributed by atoms with Gasteiger partial charge in [0, 0.05) is 39.0 Å². The molecule has 2 heterocycles. The topological polar surface area (TPSA) is 113 Å². The van der Waals surface area contributed by atoms with Gasteiger partial charge in [-0.05, 0) is 25.5 Å². The Kier molecular flexibility index (Phi) is 8.94. The van der Waals surface area contributed by atoms with Crippen molar-refractivity contribution in [2.45, 2.75) is 52.0 Å². The largest absolute Gasteiger partial charge is 0.394 e. The number of halogens is 1. The standard InChI is InChI=1S/C23H33FN6O4/c1-16-12-29(17(2)14-31)22(32)9-6-10-30-18(11-25-27-30)15-34-21(16)13-28(3)23(33)26-20-8-5-4-7-19(20)24/h4-5,7-8,11,16-17,21,31H,6,9-10,12-15H2,1-3H3,(H,26,33)/t16-,17-,21-/m0/s1. The van der Waals surface area contributed by atoms with Gasteiger partial charge in [0.05, 0.1) is 42.9 Å². The van der Waals surface area contributed by atoms with Crippen LogP contribution in [0, 0.1) is 11.7 Å². The lowest BCUT2D eigenvalue weighted by Crippen LogP contribution is -2.48. The molecule has 10 nitrogen and oxygen atoms in total. The zero-order valence-electron chi connectivity index (χ0n) is 19.9. The fourth-order valence-corrected chi connectivity index (χ4v) is 3.87. The van der Waals surface area contributed by atoms with E-state index in [1.807, 2.05) is 6.92 Å². The maximum atomic E-state index is 14.0. The van der Waals surface area contributed by atoms with Gasteiger partial charge in [0.2, 0.25) is 5.91 Å². The number of carbonyl (C=O) groups excluding carboxylic acids is 2. The van der Waals surface area contributed by atoms with Crippen molar-refractivity contribution in [2.24, 2.45) is 5.92 Å². The van der Waals surface area contributed by atoms with Crippen molar-refractivity contribution in [3.63, 3.8) is 0 Å². The second-order valence-corrected chi connectivity index (χ2v) is 8.75. The number of likely N-dealkylation sites (N-methyl/N-ethyl adjacent to an activating group) is 1. The summed E-state index contributed by atoms with van der Waals surface area (Å²) < 4.78 is 21.9.